The van der Waals surface area contributed by atoms with Crippen molar-refractivity contribution in [2.75, 3.05) is 7.11 Å². The van der Waals surface area contributed by atoms with E-state index in [1.165, 1.54) is 7.11 Å². The maximum Gasteiger partial charge on any atom is 0.305 e. The molecule has 0 unspecified atom stereocenters. The predicted molar refractivity (Wildman–Crippen MR) is 100 cm³/mol. The van der Waals surface area contributed by atoms with Crippen molar-refractivity contribution in [2.45, 2.75) is 77.2 Å². The van der Waals surface area contributed by atoms with Gasteiger partial charge in [-0.2, -0.15) is 0 Å². The van der Waals surface area contributed by atoms with Crippen LogP contribution in [0.1, 0.15) is 71.1 Å². The molecule has 4 nitrogen and oxygen atoms in total. The highest BCUT2D eigenvalue weighted by atomic mass is 16.5. The van der Waals surface area contributed by atoms with Gasteiger partial charge in [-0.1, -0.05) is 50.5 Å². The fourth-order valence-corrected chi connectivity index (χ4v) is 2.87. The first kappa shape index (κ1) is 21.4. The number of aliphatic hydroxyl groups is 1. The van der Waals surface area contributed by atoms with Gasteiger partial charge in [0.15, 0.2) is 5.78 Å². The van der Waals surface area contributed by atoms with Crippen molar-refractivity contribution in [3.05, 3.63) is 35.5 Å². The Morgan fingerprint density at radius 3 is 2.76 bits per heavy atom. The Morgan fingerprint density at radius 1 is 1.24 bits per heavy atom. The van der Waals surface area contributed by atoms with Crippen LogP contribution in [0.15, 0.2) is 35.5 Å². The average molecular weight is 348 g/mol. The molecule has 0 saturated carbocycles. The lowest BCUT2D eigenvalue weighted by atomic mass is 10.0. The number of carbonyl (C=O) groups excluding carboxylic acids is 2. The van der Waals surface area contributed by atoms with E-state index in [1.54, 1.807) is 0 Å². The minimum absolute atomic E-state index is 0.188. The highest BCUT2D eigenvalue weighted by Gasteiger charge is 2.20. The molecule has 0 spiro atoms. The second-order valence-corrected chi connectivity index (χ2v) is 6.49. The monoisotopic (exact) mass is 348 g/mol. The summed E-state index contributed by atoms with van der Waals surface area (Å²) in [6.07, 6.45) is 15.4. The Morgan fingerprint density at radius 2 is 2.04 bits per heavy atom. The van der Waals surface area contributed by atoms with Gasteiger partial charge in [0, 0.05) is 18.4 Å². The van der Waals surface area contributed by atoms with Crippen molar-refractivity contribution in [1.29, 1.82) is 0 Å². The summed E-state index contributed by atoms with van der Waals surface area (Å²) in [6.45, 7) is 2.15. The number of methoxy groups -OCH3 is 1. The molecule has 0 bridgehead atoms. The van der Waals surface area contributed by atoms with Crippen molar-refractivity contribution < 1.29 is 19.4 Å². The molecule has 1 rings (SSSR count). The summed E-state index contributed by atoms with van der Waals surface area (Å²) in [4.78, 5) is 23.1. The first-order valence-corrected chi connectivity index (χ1v) is 9.41. The number of aliphatic hydroxyl groups excluding tert-OH is 1. The number of hydrogen-bond donors (Lipinski definition) is 1. The Bertz CT molecular complexity index is 514. The third kappa shape index (κ3) is 8.82. The molecule has 0 aromatic carbocycles. The van der Waals surface area contributed by atoms with Crippen LogP contribution in [0.2, 0.25) is 0 Å². The Kier molecular flexibility index (Phi) is 10.8. The SMILES string of the molecule is CCCCC[C@H](O)/C=C/C1=C(C/C=C\CCCC(=O)OC)C(=O)CC1. The van der Waals surface area contributed by atoms with E-state index in [9.17, 15) is 14.7 Å². The maximum atomic E-state index is 12.0. The zero-order valence-electron chi connectivity index (χ0n) is 15.6. The summed E-state index contributed by atoms with van der Waals surface area (Å²) >= 11 is 0. The standard InChI is InChI=1S/C21H32O4/c1-3-4-7-10-18(22)15-13-17-14-16-20(23)19(17)11-8-5-6-9-12-21(24)25-2/h5,8,13,15,18,22H,3-4,6-7,9-12,14,16H2,1-2H3/b8-5-,15-13+/t18-/m0/s1. The first-order valence-electron chi connectivity index (χ1n) is 9.41. The Balaban J connectivity index is 2.46. The molecule has 1 aliphatic carbocycles. The van der Waals surface area contributed by atoms with Crippen molar-refractivity contribution in [3.63, 3.8) is 0 Å². The van der Waals surface area contributed by atoms with E-state index in [0.29, 0.717) is 19.3 Å². The van der Waals surface area contributed by atoms with E-state index in [4.69, 9.17) is 0 Å². The van der Waals surface area contributed by atoms with Gasteiger partial charge in [0.05, 0.1) is 13.2 Å². The summed E-state index contributed by atoms with van der Waals surface area (Å²) in [5.74, 6) is 0.0198. The van der Waals surface area contributed by atoms with E-state index in [-0.39, 0.29) is 11.8 Å². The predicted octanol–water partition coefficient (Wildman–Crippen LogP) is 4.43. The number of carbonyl (C=O) groups is 2. The smallest absolute Gasteiger partial charge is 0.305 e. The average Bonchev–Trinajstić information content (AvgIpc) is 2.96. The van der Waals surface area contributed by atoms with Crippen molar-refractivity contribution in [2.24, 2.45) is 0 Å². The van der Waals surface area contributed by atoms with Gasteiger partial charge in [-0.15, -0.1) is 0 Å². The zero-order chi connectivity index (χ0) is 18.5. The van der Waals surface area contributed by atoms with E-state index in [1.807, 2.05) is 24.3 Å². The highest BCUT2D eigenvalue weighted by molar-refractivity contribution is 5.99. The second kappa shape index (κ2) is 12.6. The molecule has 0 aromatic rings. The first-order chi connectivity index (χ1) is 12.1. The molecule has 0 saturated heterocycles. The van der Waals surface area contributed by atoms with Crippen molar-refractivity contribution in [3.8, 4) is 0 Å². The molecule has 140 valence electrons. The number of Topliss-reactive ketones (excluding diaryl/α,β-unsaturated/α-hetero) is 1. The number of allylic oxidation sites excluding steroid dienone is 5. The second-order valence-electron chi connectivity index (χ2n) is 6.49. The molecule has 1 atom stereocenters. The van der Waals surface area contributed by atoms with Crippen LogP contribution < -0.4 is 0 Å². The van der Waals surface area contributed by atoms with Gasteiger partial charge in [0.2, 0.25) is 0 Å². The molecule has 0 aliphatic heterocycles. The molecule has 1 N–H and O–H groups in total. The summed E-state index contributed by atoms with van der Waals surface area (Å²) in [5.41, 5.74) is 1.92. The minimum atomic E-state index is -0.426. The van der Waals surface area contributed by atoms with Crippen LogP contribution in [-0.4, -0.2) is 30.1 Å². The van der Waals surface area contributed by atoms with Gasteiger partial charge in [-0.25, -0.2) is 0 Å². The van der Waals surface area contributed by atoms with Crippen LogP contribution in [0.3, 0.4) is 0 Å². The van der Waals surface area contributed by atoms with E-state index in [2.05, 4.69) is 11.7 Å². The van der Waals surface area contributed by atoms with Crippen LogP contribution in [0, 0.1) is 0 Å². The van der Waals surface area contributed by atoms with Crippen molar-refractivity contribution >= 4 is 11.8 Å². The fourth-order valence-electron chi connectivity index (χ4n) is 2.87. The summed E-state index contributed by atoms with van der Waals surface area (Å²) in [6, 6.07) is 0. The molecule has 0 amide bonds. The number of unbranched alkanes of at least 4 members (excludes halogenated alkanes) is 3. The van der Waals surface area contributed by atoms with Gasteiger partial charge in [0.1, 0.15) is 0 Å². The molecule has 0 radical (unpaired) electrons. The number of esters is 1. The third-order valence-electron chi connectivity index (χ3n) is 4.44. The lowest BCUT2D eigenvalue weighted by Gasteiger charge is -2.05. The topological polar surface area (TPSA) is 63.6 Å². The van der Waals surface area contributed by atoms with Gasteiger partial charge in [0.25, 0.3) is 0 Å². The maximum absolute atomic E-state index is 12.0. The van der Waals surface area contributed by atoms with Crippen molar-refractivity contribution in [1.82, 2.24) is 0 Å². The van der Waals surface area contributed by atoms with Gasteiger partial charge < -0.3 is 9.84 Å². The largest absolute Gasteiger partial charge is 0.469 e. The number of rotatable bonds is 12. The van der Waals surface area contributed by atoms with Crippen LogP contribution in [0.5, 0.6) is 0 Å². The highest BCUT2D eigenvalue weighted by Crippen LogP contribution is 2.27. The van der Waals surface area contributed by atoms with Crippen LogP contribution in [0.4, 0.5) is 0 Å². The number of hydrogen-bond acceptors (Lipinski definition) is 4. The molecular weight excluding hydrogens is 316 g/mol. The molecule has 0 aromatic heterocycles. The van der Waals surface area contributed by atoms with E-state index >= 15 is 0 Å². The summed E-state index contributed by atoms with van der Waals surface area (Å²) in [5, 5.41) is 9.98. The Labute approximate surface area is 151 Å². The van der Waals surface area contributed by atoms with Crippen LogP contribution in [-0.2, 0) is 14.3 Å². The van der Waals surface area contributed by atoms with E-state index < -0.39 is 6.10 Å². The third-order valence-corrected chi connectivity index (χ3v) is 4.44. The van der Waals surface area contributed by atoms with Crippen LogP contribution >= 0.6 is 0 Å². The Hall–Kier alpha value is -1.68. The van der Waals surface area contributed by atoms with Gasteiger partial charge in [-0.3, -0.25) is 9.59 Å². The van der Waals surface area contributed by atoms with Gasteiger partial charge >= 0.3 is 5.97 Å². The summed E-state index contributed by atoms with van der Waals surface area (Å²) in [7, 11) is 1.39. The van der Waals surface area contributed by atoms with Crippen LogP contribution in [0.25, 0.3) is 0 Å². The fraction of sp³-hybridized carbons (Fsp3) is 0.619. The molecule has 0 heterocycles. The molecule has 4 heteroatoms. The molecule has 1 aliphatic rings. The molecule has 0 fully saturated rings. The molecular formula is C21H32O4. The minimum Gasteiger partial charge on any atom is -0.469 e. The quantitative estimate of drug-likeness (QED) is 0.322. The normalized spacial score (nSPS) is 16.4. The summed E-state index contributed by atoms with van der Waals surface area (Å²) < 4.78 is 4.60. The number of ketones is 1. The molecule has 25 heavy (non-hydrogen) atoms. The lowest BCUT2D eigenvalue weighted by Crippen LogP contribution is -2.01. The van der Waals surface area contributed by atoms with Gasteiger partial charge in [-0.05, 0) is 37.7 Å². The van der Waals surface area contributed by atoms with E-state index in [0.717, 1.165) is 56.1 Å². The number of ether oxygens (including phenoxy) is 1. The lowest BCUT2D eigenvalue weighted by molar-refractivity contribution is -0.140. The zero-order valence-corrected chi connectivity index (χ0v) is 15.6.